The summed E-state index contributed by atoms with van der Waals surface area (Å²) in [6.07, 6.45) is 0. The highest BCUT2D eigenvalue weighted by atomic mass is 35.5. The number of carbonyl (C=O) groups excluding carboxylic acids is 1. The predicted octanol–water partition coefficient (Wildman–Crippen LogP) is 1.13. The second kappa shape index (κ2) is 7.33. The van der Waals surface area contributed by atoms with E-state index in [1.807, 2.05) is 13.8 Å². The summed E-state index contributed by atoms with van der Waals surface area (Å²) < 4.78 is 0. The van der Waals surface area contributed by atoms with Gasteiger partial charge >= 0.3 is 0 Å². The fraction of sp³-hybridized carbons (Fsp3) is 0.429. The summed E-state index contributed by atoms with van der Waals surface area (Å²) in [5.41, 5.74) is 0.776. The van der Waals surface area contributed by atoms with Crippen molar-refractivity contribution in [1.29, 1.82) is 0 Å². The molecule has 0 aliphatic carbocycles. The van der Waals surface area contributed by atoms with Crippen molar-refractivity contribution in [3.63, 3.8) is 0 Å². The zero-order valence-corrected chi connectivity index (χ0v) is 13.2. The Balaban J connectivity index is 1.97. The highest BCUT2D eigenvalue weighted by molar-refractivity contribution is 6.30. The number of aliphatic hydroxyl groups is 1. The molecule has 2 rings (SSSR count). The number of halogens is 1. The molecule has 7 nitrogen and oxygen atoms in total. The van der Waals surface area contributed by atoms with Gasteiger partial charge in [0.05, 0.1) is 0 Å². The predicted molar refractivity (Wildman–Crippen MR) is 82.1 cm³/mol. The van der Waals surface area contributed by atoms with Crippen molar-refractivity contribution in [2.45, 2.75) is 26.4 Å². The van der Waals surface area contributed by atoms with Crippen LogP contribution >= 0.6 is 11.6 Å². The monoisotopic (exact) mass is 323 g/mol. The molecule has 2 atom stereocenters. The van der Waals surface area contributed by atoms with E-state index < -0.39 is 0 Å². The van der Waals surface area contributed by atoms with Crippen LogP contribution in [-0.2, 0) is 11.3 Å². The molecule has 2 aromatic rings. The molecule has 22 heavy (non-hydrogen) atoms. The third kappa shape index (κ3) is 4.25. The first-order valence-corrected chi connectivity index (χ1v) is 7.31. The van der Waals surface area contributed by atoms with Crippen molar-refractivity contribution in [2.24, 2.45) is 5.92 Å². The van der Waals surface area contributed by atoms with Gasteiger partial charge in [0.15, 0.2) is 0 Å². The largest absolute Gasteiger partial charge is 0.396 e. The Bertz CT molecular complexity index is 628. The molecule has 0 fully saturated rings. The van der Waals surface area contributed by atoms with E-state index in [2.05, 4.69) is 20.7 Å². The highest BCUT2D eigenvalue weighted by Gasteiger charge is 2.15. The average molecular weight is 324 g/mol. The Hall–Kier alpha value is -1.99. The van der Waals surface area contributed by atoms with Crippen LogP contribution in [0.5, 0.6) is 0 Å². The SMILES string of the molecule is CC(CO)C(C)NC(=O)Cn1nnc(-c2ccc(Cl)cc2)n1. The van der Waals surface area contributed by atoms with Crippen LogP contribution in [0, 0.1) is 5.92 Å². The quantitative estimate of drug-likeness (QED) is 0.831. The zero-order chi connectivity index (χ0) is 16.1. The Kier molecular flexibility index (Phi) is 5.46. The molecule has 2 unspecified atom stereocenters. The average Bonchev–Trinajstić information content (AvgIpc) is 2.95. The van der Waals surface area contributed by atoms with E-state index in [1.165, 1.54) is 4.80 Å². The van der Waals surface area contributed by atoms with Crippen LogP contribution in [0.2, 0.25) is 5.02 Å². The molecule has 0 bridgehead atoms. The number of tetrazole rings is 1. The van der Waals surface area contributed by atoms with Gasteiger partial charge in [-0.05, 0) is 42.3 Å². The van der Waals surface area contributed by atoms with Crippen LogP contribution in [0.4, 0.5) is 0 Å². The fourth-order valence-corrected chi connectivity index (χ4v) is 1.88. The van der Waals surface area contributed by atoms with Gasteiger partial charge < -0.3 is 10.4 Å². The number of hydrogen-bond acceptors (Lipinski definition) is 5. The number of hydrogen-bond donors (Lipinski definition) is 2. The second-order valence-electron chi connectivity index (χ2n) is 5.17. The van der Waals surface area contributed by atoms with Crippen molar-refractivity contribution in [1.82, 2.24) is 25.5 Å². The first-order chi connectivity index (χ1) is 10.5. The molecule has 118 valence electrons. The Morgan fingerprint density at radius 2 is 2.05 bits per heavy atom. The van der Waals surface area contributed by atoms with Gasteiger partial charge in [0.2, 0.25) is 11.7 Å². The fourth-order valence-electron chi connectivity index (χ4n) is 1.75. The van der Waals surface area contributed by atoms with Gasteiger partial charge in [-0.25, -0.2) is 0 Å². The van der Waals surface area contributed by atoms with E-state index in [0.717, 1.165) is 5.56 Å². The van der Waals surface area contributed by atoms with Gasteiger partial charge in [0.1, 0.15) is 6.54 Å². The summed E-state index contributed by atoms with van der Waals surface area (Å²) >= 11 is 5.83. The standard InChI is InChI=1S/C14H18ClN5O2/c1-9(8-21)10(2)16-13(22)7-20-18-14(17-19-20)11-3-5-12(15)6-4-11/h3-6,9-10,21H,7-8H2,1-2H3,(H,16,22). The third-order valence-corrected chi connectivity index (χ3v) is 3.62. The first-order valence-electron chi connectivity index (χ1n) is 6.93. The molecule has 8 heteroatoms. The minimum Gasteiger partial charge on any atom is -0.396 e. The topological polar surface area (TPSA) is 92.9 Å². The molecule has 1 aromatic heterocycles. The van der Waals surface area contributed by atoms with Gasteiger partial charge in [-0.15, -0.1) is 10.2 Å². The number of nitrogens with zero attached hydrogens (tertiary/aromatic N) is 4. The molecule has 0 radical (unpaired) electrons. The summed E-state index contributed by atoms with van der Waals surface area (Å²) in [5, 5.41) is 24.4. The Labute approximate surface area is 133 Å². The number of nitrogens with one attached hydrogen (secondary N) is 1. The van der Waals surface area contributed by atoms with Gasteiger partial charge in [-0.3, -0.25) is 4.79 Å². The van der Waals surface area contributed by atoms with E-state index in [0.29, 0.717) is 10.8 Å². The third-order valence-electron chi connectivity index (χ3n) is 3.37. The Morgan fingerprint density at radius 3 is 2.68 bits per heavy atom. The maximum absolute atomic E-state index is 11.9. The zero-order valence-electron chi connectivity index (χ0n) is 12.4. The number of aliphatic hydroxyl groups excluding tert-OH is 1. The van der Waals surface area contributed by atoms with Gasteiger partial charge in [-0.1, -0.05) is 18.5 Å². The van der Waals surface area contributed by atoms with Crippen LogP contribution in [-0.4, -0.2) is 43.9 Å². The van der Waals surface area contributed by atoms with E-state index in [9.17, 15) is 4.79 Å². The van der Waals surface area contributed by atoms with E-state index >= 15 is 0 Å². The maximum atomic E-state index is 11.9. The van der Waals surface area contributed by atoms with E-state index in [4.69, 9.17) is 16.7 Å². The lowest BCUT2D eigenvalue weighted by molar-refractivity contribution is -0.123. The molecule has 0 saturated carbocycles. The van der Waals surface area contributed by atoms with Crippen molar-refractivity contribution in [3.8, 4) is 11.4 Å². The van der Waals surface area contributed by atoms with Crippen LogP contribution in [0.1, 0.15) is 13.8 Å². The molecule has 1 aromatic carbocycles. The molecule has 0 saturated heterocycles. The number of rotatable bonds is 6. The molecular formula is C14H18ClN5O2. The normalized spacial score (nSPS) is 13.6. The van der Waals surface area contributed by atoms with Gasteiger partial charge in [0, 0.05) is 23.2 Å². The minimum atomic E-state index is -0.229. The number of aromatic nitrogens is 4. The van der Waals surface area contributed by atoms with Crippen molar-refractivity contribution >= 4 is 17.5 Å². The molecule has 1 heterocycles. The molecule has 0 aliphatic heterocycles. The molecule has 0 spiro atoms. The first kappa shape index (κ1) is 16.4. The number of amides is 1. The van der Waals surface area contributed by atoms with E-state index in [-0.39, 0.29) is 31.0 Å². The van der Waals surface area contributed by atoms with Gasteiger partial charge in [0.25, 0.3) is 0 Å². The second-order valence-corrected chi connectivity index (χ2v) is 5.60. The van der Waals surface area contributed by atoms with Crippen LogP contribution in [0.25, 0.3) is 11.4 Å². The van der Waals surface area contributed by atoms with Crippen LogP contribution in [0.3, 0.4) is 0 Å². The van der Waals surface area contributed by atoms with Crippen LogP contribution < -0.4 is 5.32 Å². The maximum Gasteiger partial charge on any atom is 0.243 e. The van der Waals surface area contributed by atoms with Crippen molar-refractivity contribution in [3.05, 3.63) is 29.3 Å². The number of carbonyl (C=O) groups is 1. The summed E-state index contributed by atoms with van der Waals surface area (Å²) in [7, 11) is 0. The van der Waals surface area contributed by atoms with Crippen molar-refractivity contribution in [2.75, 3.05) is 6.61 Å². The Morgan fingerprint density at radius 1 is 1.36 bits per heavy atom. The van der Waals surface area contributed by atoms with E-state index in [1.54, 1.807) is 24.3 Å². The summed E-state index contributed by atoms with van der Waals surface area (Å²) in [5.74, 6) is 0.186. The van der Waals surface area contributed by atoms with Crippen LogP contribution in [0.15, 0.2) is 24.3 Å². The highest BCUT2D eigenvalue weighted by Crippen LogP contribution is 2.16. The minimum absolute atomic E-state index is 0.0164. The molecule has 0 aliphatic rings. The summed E-state index contributed by atoms with van der Waals surface area (Å²) in [6, 6.07) is 6.92. The van der Waals surface area contributed by atoms with Crippen molar-refractivity contribution < 1.29 is 9.90 Å². The summed E-state index contributed by atoms with van der Waals surface area (Å²) in [6.45, 7) is 3.69. The van der Waals surface area contributed by atoms with Gasteiger partial charge in [-0.2, -0.15) is 4.80 Å². The lowest BCUT2D eigenvalue weighted by atomic mass is 10.1. The molecule has 2 N–H and O–H groups in total. The smallest absolute Gasteiger partial charge is 0.243 e. The summed E-state index contributed by atoms with van der Waals surface area (Å²) in [4.78, 5) is 13.1. The number of benzene rings is 1. The molecular weight excluding hydrogens is 306 g/mol. The lowest BCUT2D eigenvalue weighted by Gasteiger charge is -2.18. The molecule has 1 amide bonds. The lowest BCUT2D eigenvalue weighted by Crippen LogP contribution is -2.40.